The Balaban J connectivity index is 1.62. The number of amides is 1. The number of nitrogens with zero attached hydrogens (tertiary/aromatic N) is 4. The molecule has 1 heterocycles. The Morgan fingerprint density at radius 2 is 1.67 bits per heavy atom. The van der Waals surface area contributed by atoms with Gasteiger partial charge in [0.25, 0.3) is 17.3 Å². The predicted octanol–water partition coefficient (Wildman–Crippen LogP) is 3.86. The summed E-state index contributed by atoms with van der Waals surface area (Å²) in [7, 11) is 1.53. The van der Waals surface area contributed by atoms with Gasteiger partial charge in [0.15, 0.2) is 0 Å². The van der Waals surface area contributed by atoms with Crippen LogP contribution in [0.2, 0.25) is 0 Å². The lowest BCUT2D eigenvalue weighted by atomic mass is 10.1. The SMILES string of the molecule is CN(CCCc1cc(-c2ccccc2)no1)C(=O)c1cc([N+](=O)[O-])cc([N+](=O)[O-])c1. The molecular formula is C20H18N4O6. The van der Waals surface area contributed by atoms with Crippen molar-refractivity contribution in [2.75, 3.05) is 13.6 Å². The van der Waals surface area contributed by atoms with Crippen LogP contribution in [-0.2, 0) is 6.42 Å². The Hall–Kier alpha value is -4.08. The predicted molar refractivity (Wildman–Crippen MR) is 107 cm³/mol. The molecule has 0 atom stereocenters. The van der Waals surface area contributed by atoms with Crippen molar-refractivity contribution in [1.29, 1.82) is 0 Å². The van der Waals surface area contributed by atoms with Crippen molar-refractivity contribution >= 4 is 17.3 Å². The van der Waals surface area contributed by atoms with E-state index in [1.54, 1.807) is 0 Å². The largest absolute Gasteiger partial charge is 0.361 e. The number of rotatable bonds is 8. The fourth-order valence-electron chi connectivity index (χ4n) is 2.92. The summed E-state index contributed by atoms with van der Waals surface area (Å²) in [6.07, 6.45) is 1.09. The lowest BCUT2D eigenvalue weighted by Crippen LogP contribution is -2.28. The Kier molecular flexibility index (Phi) is 6.16. The molecule has 0 saturated carbocycles. The topological polar surface area (TPSA) is 133 Å². The van der Waals surface area contributed by atoms with E-state index in [4.69, 9.17) is 4.52 Å². The van der Waals surface area contributed by atoms with Gasteiger partial charge < -0.3 is 9.42 Å². The van der Waals surface area contributed by atoms with E-state index in [9.17, 15) is 25.0 Å². The van der Waals surface area contributed by atoms with Gasteiger partial charge in [-0.3, -0.25) is 25.0 Å². The molecule has 0 spiro atoms. The highest BCUT2D eigenvalue weighted by atomic mass is 16.6. The summed E-state index contributed by atoms with van der Waals surface area (Å²) >= 11 is 0. The maximum atomic E-state index is 12.6. The number of carbonyl (C=O) groups is 1. The lowest BCUT2D eigenvalue weighted by molar-refractivity contribution is -0.394. The fraction of sp³-hybridized carbons (Fsp3) is 0.200. The smallest absolute Gasteiger partial charge is 0.277 e. The van der Waals surface area contributed by atoms with Crippen molar-refractivity contribution in [3.63, 3.8) is 0 Å². The highest BCUT2D eigenvalue weighted by molar-refractivity contribution is 5.95. The summed E-state index contributed by atoms with van der Waals surface area (Å²) in [6.45, 7) is 0.330. The molecule has 154 valence electrons. The number of hydrogen-bond donors (Lipinski definition) is 0. The van der Waals surface area contributed by atoms with E-state index in [-0.39, 0.29) is 5.56 Å². The molecular weight excluding hydrogens is 392 g/mol. The number of aryl methyl sites for hydroxylation is 1. The molecule has 10 heteroatoms. The molecule has 1 amide bonds. The van der Waals surface area contributed by atoms with Gasteiger partial charge in [-0.15, -0.1) is 0 Å². The summed E-state index contributed by atoms with van der Waals surface area (Å²) in [5.41, 5.74) is 0.544. The van der Waals surface area contributed by atoms with Crippen molar-refractivity contribution in [2.24, 2.45) is 0 Å². The van der Waals surface area contributed by atoms with Crippen molar-refractivity contribution < 1.29 is 19.2 Å². The second kappa shape index (κ2) is 8.95. The van der Waals surface area contributed by atoms with Gasteiger partial charge in [-0.2, -0.15) is 0 Å². The van der Waals surface area contributed by atoms with Crippen molar-refractivity contribution in [2.45, 2.75) is 12.8 Å². The number of non-ortho nitro benzene ring substituents is 2. The molecule has 3 rings (SSSR count). The van der Waals surface area contributed by atoms with Crippen molar-refractivity contribution in [3.8, 4) is 11.3 Å². The van der Waals surface area contributed by atoms with Crippen LogP contribution >= 0.6 is 0 Å². The zero-order valence-corrected chi connectivity index (χ0v) is 16.1. The van der Waals surface area contributed by atoms with E-state index in [1.165, 1.54) is 11.9 Å². The van der Waals surface area contributed by atoms with Gasteiger partial charge in [0.05, 0.1) is 21.5 Å². The molecule has 10 nitrogen and oxygen atoms in total. The highest BCUT2D eigenvalue weighted by Crippen LogP contribution is 2.24. The second-order valence-corrected chi connectivity index (χ2v) is 6.63. The van der Waals surface area contributed by atoms with Crippen LogP contribution in [0.25, 0.3) is 11.3 Å². The van der Waals surface area contributed by atoms with E-state index in [0.29, 0.717) is 25.1 Å². The Bertz CT molecular complexity index is 1050. The third kappa shape index (κ3) is 4.85. The Morgan fingerprint density at radius 3 is 2.27 bits per heavy atom. The molecule has 30 heavy (non-hydrogen) atoms. The average molecular weight is 410 g/mol. The summed E-state index contributed by atoms with van der Waals surface area (Å²) < 4.78 is 5.33. The van der Waals surface area contributed by atoms with Crippen LogP contribution in [0.1, 0.15) is 22.5 Å². The van der Waals surface area contributed by atoms with Gasteiger partial charge in [-0.1, -0.05) is 35.5 Å². The van der Waals surface area contributed by atoms with Crippen LogP contribution in [0.4, 0.5) is 11.4 Å². The highest BCUT2D eigenvalue weighted by Gasteiger charge is 2.21. The van der Waals surface area contributed by atoms with E-state index in [1.807, 2.05) is 36.4 Å². The minimum absolute atomic E-state index is 0.107. The van der Waals surface area contributed by atoms with Crippen LogP contribution in [0.15, 0.2) is 59.1 Å². The number of carbonyl (C=O) groups excluding carboxylic acids is 1. The fourth-order valence-corrected chi connectivity index (χ4v) is 2.92. The first-order valence-corrected chi connectivity index (χ1v) is 9.05. The summed E-state index contributed by atoms with van der Waals surface area (Å²) in [5, 5.41) is 26.0. The first-order chi connectivity index (χ1) is 14.3. The minimum Gasteiger partial charge on any atom is -0.361 e. The zero-order chi connectivity index (χ0) is 21.7. The van der Waals surface area contributed by atoms with Gasteiger partial charge in [-0.25, -0.2) is 0 Å². The summed E-state index contributed by atoms with van der Waals surface area (Å²) in [6, 6.07) is 14.3. The van der Waals surface area contributed by atoms with Gasteiger partial charge in [0.1, 0.15) is 11.5 Å². The molecule has 0 aliphatic rings. The molecule has 0 radical (unpaired) electrons. The Labute approximate surface area is 171 Å². The standard InChI is InChI=1S/C20H18N4O6/c1-22(20(25)15-10-16(23(26)27)12-17(11-15)24(28)29)9-5-8-18-13-19(21-30-18)14-6-3-2-4-7-14/h2-4,6-7,10-13H,5,8-9H2,1H3. The van der Waals surface area contributed by atoms with Gasteiger partial charge in [0, 0.05) is 43.8 Å². The normalized spacial score (nSPS) is 10.6. The molecule has 3 aromatic rings. The number of nitro benzene ring substituents is 2. The first-order valence-electron chi connectivity index (χ1n) is 9.05. The van der Waals surface area contributed by atoms with Crippen molar-refractivity contribution in [1.82, 2.24) is 10.1 Å². The summed E-state index contributed by atoms with van der Waals surface area (Å²) in [4.78, 5) is 34.4. The molecule has 0 aliphatic carbocycles. The lowest BCUT2D eigenvalue weighted by Gasteiger charge is -2.16. The number of benzene rings is 2. The molecule has 0 unspecified atom stereocenters. The molecule has 0 saturated heterocycles. The second-order valence-electron chi connectivity index (χ2n) is 6.63. The maximum Gasteiger partial charge on any atom is 0.277 e. The van der Waals surface area contributed by atoms with Gasteiger partial charge in [-0.05, 0) is 6.42 Å². The van der Waals surface area contributed by atoms with Crippen LogP contribution in [0.3, 0.4) is 0 Å². The van der Waals surface area contributed by atoms with Gasteiger partial charge >= 0.3 is 0 Å². The maximum absolute atomic E-state index is 12.6. The zero-order valence-electron chi connectivity index (χ0n) is 16.1. The molecule has 0 N–H and O–H groups in total. The van der Waals surface area contributed by atoms with Crippen LogP contribution < -0.4 is 0 Å². The third-order valence-electron chi connectivity index (χ3n) is 4.46. The van der Waals surface area contributed by atoms with Crippen molar-refractivity contribution in [3.05, 3.63) is 86.1 Å². The van der Waals surface area contributed by atoms with Gasteiger partial charge in [0.2, 0.25) is 0 Å². The molecule has 0 bridgehead atoms. The quantitative estimate of drug-likeness (QED) is 0.407. The molecule has 0 aliphatic heterocycles. The Morgan fingerprint density at radius 1 is 1.03 bits per heavy atom. The van der Waals surface area contributed by atoms with E-state index < -0.39 is 27.1 Å². The summed E-state index contributed by atoms with van der Waals surface area (Å²) in [5.74, 6) is 0.130. The number of hydrogen-bond acceptors (Lipinski definition) is 7. The third-order valence-corrected chi connectivity index (χ3v) is 4.46. The molecule has 0 fully saturated rings. The van der Waals surface area contributed by atoms with Crippen LogP contribution in [-0.4, -0.2) is 39.4 Å². The number of nitro groups is 2. The number of aromatic nitrogens is 1. The van der Waals surface area contributed by atoms with E-state index >= 15 is 0 Å². The van der Waals surface area contributed by atoms with Crippen LogP contribution in [0, 0.1) is 20.2 Å². The monoisotopic (exact) mass is 410 g/mol. The average Bonchev–Trinajstić information content (AvgIpc) is 3.22. The molecule has 1 aromatic heterocycles. The minimum atomic E-state index is -0.766. The molecule has 2 aromatic carbocycles. The van der Waals surface area contributed by atoms with E-state index in [2.05, 4.69) is 5.16 Å². The van der Waals surface area contributed by atoms with E-state index in [0.717, 1.165) is 29.5 Å². The van der Waals surface area contributed by atoms with Crippen LogP contribution in [0.5, 0.6) is 0 Å². The first kappa shape index (κ1) is 20.6.